The van der Waals surface area contributed by atoms with Gasteiger partial charge >= 0.3 is 0 Å². The summed E-state index contributed by atoms with van der Waals surface area (Å²) in [5.74, 6) is 1.53. The van der Waals surface area contributed by atoms with Crippen molar-refractivity contribution in [3.8, 4) is 11.5 Å². The van der Waals surface area contributed by atoms with Gasteiger partial charge in [0.1, 0.15) is 30.8 Å². The van der Waals surface area contributed by atoms with Gasteiger partial charge in [-0.2, -0.15) is 0 Å². The SMILES string of the molecule is CCc1ccc(OCC(O)COc2ccc(CC)cc2)cc1. The molecular weight excluding hydrogens is 276 g/mol. The first-order chi connectivity index (χ1) is 10.7. The molecule has 0 atom stereocenters. The fourth-order valence-electron chi connectivity index (χ4n) is 2.08. The van der Waals surface area contributed by atoms with E-state index in [4.69, 9.17) is 9.47 Å². The van der Waals surface area contributed by atoms with Crippen LogP contribution in [0.15, 0.2) is 48.5 Å². The molecule has 22 heavy (non-hydrogen) atoms. The van der Waals surface area contributed by atoms with E-state index in [0.29, 0.717) is 0 Å². The number of hydrogen-bond donors (Lipinski definition) is 1. The number of ether oxygens (including phenoxy) is 2. The van der Waals surface area contributed by atoms with Crippen molar-refractivity contribution in [3.05, 3.63) is 59.7 Å². The molecular formula is C19H24O3. The fourth-order valence-corrected chi connectivity index (χ4v) is 2.08. The van der Waals surface area contributed by atoms with E-state index in [1.165, 1.54) is 11.1 Å². The highest BCUT2D eigenvalue weighted by molar-refractivity contribution is 5.28. The highest BCUT2D eigenvalue weighted by Gasteiger charge is 2.07. The van der Waals surface area contributed by atoms with Crippen LogP contribution in [-0.4, -0.2) is 24.4 Å². The van der Waals surface area contributed by atoms with Crippen LogP contribution in [0.4, 0.5) is 0 Å². The summed E-state index contributed by atoms with van der Waals surface area (Å²) in [4.78, 5) is 0. The quantitative estimate of drug-likeness (QED) is 0.809. The van der Waals surface area contributed by atoms with Gasteiger partial charge < -0.3 is 14.6 Å². The molecule has 0 heterocycles. The highest BCUT2D eigenvalue weighted by Crippen LogP contribution is 2.14. The first kappa shape index (κ1) is 16.4. The van der Waals surface area contributed by atoms with Gasteiger partial charge in [0.25, 0.3) is 0 Å². The van der Waals surface area contributed by atoms with Gasteiger partial charge in [0.15, 0.2) is 0 Å². The molecule has 2 rings (SSSR count). The normalized spacial score (nSPS) is 10.7. The van der Waals surface area contributed by atoms with E-state index in [1.807, 2.05) is 48.5 Å². The minimum atomic E-state index is -0.656. The van der Waals surface area contributed by atoms with Gasteiger partial charge in [-0.3, -0.25) is 0 Å². The van der Waals surface area contributed by atoms with Crippen molar-refractivity contribution in [1.82, 2.24) is 0 Å². The van der Waals surface area contributed by atoms with Gasteiger partial charge in [-0.1, -0.05) is 38.1 Å². The van der Waals surface area contributed by atoms with E-state index in [1.54, 1.807) is 0 Å². The van der Waals surface area contributed by atoms with E-state index in [-0.39, 0.29) is 13.2 Å². The number of hydrogen-bond acceptors (Lipinski definition) is 3. The zero-order valence-electron chi connectivity index (χ0n) is 13.3. The van der Waals surface area contributed by atoms with E-state index in [9.17, 15) is 5.11 Å². The Bertz CT molecular complexity index is 494. The van der Waals surface area contributed by atoms with Gasteiger partial charge in [0.2, 0.25) is 0 Å². The largest absolute Gasteiger partial charge is 0.491 e. The molecule has 0 aliphatic heterocycles. The van der Waals surface area contributed by atoms with Gasteiger partial charge in [0.05, 0.1) is 0 Å². The van der Waals surface area contributed by atoms with Crippen LogP contribution in [0.1, 0.15) is 25.0 Å². The van der Waals surface area contributed by atoms with Crippen LogP contribution >= 0.6 is 0 Å². The van der Waals surface area contributed by atoms with Crippen molar-refractivity contribution in [2.24, 2.45) is 0 Å². The van der Waals surface area contributed by atoms with Crippen LogP contribution in [0.5, 0.6) is 11.5 Å². The summed E-state index contributed by atoms with van der Waals surface area (Å²) in [6.07, 6.45) is 1.36. The van der Waals surface area contributed by atoms with Crippen molar-refractivity contribution in [3.63, 3.8) is 0 Å². The Morgan fingerprint density at radius 3 is 1.41 bits per heavy atom. The van der Waals surface area contributed by atoms with Crippen molar-refractivity contribution in [2.45, 2.75) is 32.8 Å². The fraction of sp³-hybridized carbons (Fsp3) is 0.368. The third-order valence-corrected chi connectivity index (χ3v) is 3.55. The Labute approximate surface area is 132 Å². The summed E-state index contributed by atoms with van der Waals surface area (Å²) in [7, 11) is 0. The lowest BCUT2D eigenvalue weighted by molar-refractivity contribution is 0.0626. The number of aliphatic hydroxyl groups excluding tert-OH is 1. The molecule has 0 saturated heterocycles. The second-order valence-electron chi connectivity index (χ2n) is 5.27. The average molecular weight is 300 g/mol. The Morgan fingerprint density at radius 1 is 0.727 bits per heavy atom. The number of aliphatic hydroxyl groups is 1. The Morgan fingerprint density at radius 2 is 1.09 bits per heavy atom. The van der Waals surface area contributed by atoms with Gasteiger partial charge in [-0.15, -0.1) is 0 Å². The molecule has 0 bridgehead atoms. The van der Waals surface area contributed by atoms with Crippen LogP contribution in [0.3, 0.4) is 0 Å². The maximum absolute atomic E-state index is 9.92. The van der Waals surface area contributed by atoms with Crippen LogP contribution < -0.4 is 9.47 Å². The highest BCUT2D eigenvalue weighted by atomic mass is 16.5. The average Bonchev–Trinajstić information content (AvgIpc) is 2.59. The molecule has 0 spiro atoms. The van der Waals surface area contributed by atoms with Gasteiger partial charge in [-0.05, 0) is 48.2 Å². The summed E-state index contributed by atoms with van der Waals surface area (Å²) in [6.45, 7) is 4.67. The van der Waals surface area contributed by atoms with E-state index >= 15 is 0 Å². The van der Waals surface area contributed by atoms with Gasteiger partial charge in [0, 0.05) is 0 Å². The third-order valence-electron chi connectivity index (χ3n) is 3.55. The van der Waals surface area contributed by atoms with Crippen LogP contribution in [-0.2, 0) is 12.8 Å². The lowest BCUT2D eigenvalue weighted by Gasteiger charge is -2.14. The molecule has 0 aliphatic carbocycles. The van der Waals surface area contributed by atoms with E-state index in [0.717, 1.165) is 24.3 Å². The minimum Gasteiger partial charge on any atom is -0.491 e. The lowest BCUT2D eigenvalue weighted by Crippen LogP contribution is -2.25. The first-order valence-electron chi connectivity index (χ1n) is 7.82. The third kappa shape index (κ3) is 5.08. The summed E-state index contributed by atoms with van der Waals surface area (Å²) in [5.41, 5.74) is 2.54. The molecule has 0 aliphatic rings. The summed E-state index contributed by atoms with van der Waals surface area (Å²) < 4.78 is 11.1. The molecule has 2 aromatic carbocycles. The lowest BCUT2D eigenvalue weighted by atomic mass is 10.2. The Balaban J connectivity index is 1.73. The summed E-state index contributed by atoms with van der Waals surface area (Å²) in [5, 5.41) is 9.92. The monoisotopic (exact) mass is 300 g/mol. The molecule has 118 valence electrons. The molecule has 3 heteroatoms. The predicted octanol–water partition coefficient (Wildman–Crippen LogP) is 3.63. The van der Waals surface area contributed by atoms with Gasteiger partial charge in [-0.25, -0.2) is 0 Å². The zero-order chi connectivity index (χ0) is 15.8. The number of aryl methyl sites for hydroxylation is 2. The molecule has 0 unspecified atom stereocenters. The smallest absolute Gasteiger partial charge is 0.122 e. The number of benzene rings is 2. The molecule has 3 nitrogen and oxygen atoms in total. The topological polar surface area (TPSA) is 38.7 Å². The summed E-state index contributed by atoms with van der Waals surface area (Å²) in [6, 6.07) is 15.8. The van der Waals surface area contributed by atoms with Crippen LogP contribution in [0.25, 0.3) is 0 Å². The second-order valence-corrected chi connectivity index (χ2v) is 5.27. The standard InChI is InChI=1S/C19H24O3/c1-3-15-5-9-18(10-6-15)21-13-17(20)14-22-19-11-7-16(4-2)8-12-19/h5-12,17,20H,3-4,13-14H2,1-2H3. The molecule has 0 aromatic heterocycles. The predicted molar refractivity (Wildman–Crippen MR) is 88.6 cm³/mol. The maximum Gasteiger partial charge on any atom is 0.122 e. The molecule has 1 N–H and O–H groups in total. The molecule has 0 saturated carbocycles. The van der Waals surface area contributed by atoms with Crippen LogP contribution in [0, 0.1) is 0 Å². The molecule has 2 aromatic rings. The number of rotatable bonds is 8. The van der Waals surface area contributed by atoms with Crippen molar-refractivity contribution >= 4 is 0 Å². The molecule has 0 fully saturated rings. The van der Waals surface area contributed by atoms with Crippen molar-refractivity contribution < 1.29 is 14.6 Å². The first-order valence-corrected chi connectivity index (χ1v) is 7.82. The maximum atomic E-state index is 9.92. The van der Waals surface area contributed by atoms with Crippen molar-refractivity contribution in [2.75, 3.05) is 13.2 Å². The van der Waals surface area contributed by atoms with Crippen LogP contribution in [0.2, 0.25) is 0 Å². The summed E-state index contributed by atoms with van der Waals surface area (Å²) >= 11 is 0. The molecule has 0 radical (unpaired) electrons. The zero-order valence-corrected chi connectivity index (χ0v) is 13.3. The van der Waals surface area contributed by atoms with E-state index in [2.05, 4.69) is 13.8 Å². The molecule has 0 amide bonds. The Kier molecular flexibility index (Phi) is 6.28. The second kappa shape index (κ2) is 8.44. The Hall–Kier alpha value is -2.00. The minimum absolute atomic E-state index is 0.221. The van der Waals surface area contributed by atoms with Crippen molar-refractivity contribution in [1.29, 1.82) is 0 Å². The van der Waals surface area contributed by atoms with E-state index < -0.39 is 6.10 Å².